The summed E-state index contributed by atoms with van der Waals surface area (Å²) in [6.45, 7) is 0. The molecule has 1 heterocycles. The molecule has 0 aliphatic heterocycles. The lowest BCUT2D eigenvalue weighted by molar-refractivity contribution is 0.596. The van der Waals surface area contributed by atoms with Crippen LogP contribution in [0.4, 0.5) is 0 Å². The van der Waals surface area contributed by atoms with E-state index < -0.39 is 9.84 Å². The van der Waals surface area contributed by atoms with Crippen LogP contribution in [0.25, 0.3) is 27.5 Å². The number of para-hydroxylation sites is 2. The van der Waals surface area contributed by atoms with Crippen LogP contribution >= 0.6 is 15.9 Å². The van der Waals surface area contributed by atoms with Crippen molar-refractivity contribution < 1.29 is 8.42 Å². The van der Waals surface area contributed by atoms with Crippen LogP contribution in [0, 0.1) is 0 Å². The van der Waals surface area contributed by atoms with Gasteiger partial charge in [-0.3, -0.25) is 0 Å². The number of hydrogen-bond donors (Lipinski definition) is 0. The second-order valence-electron chi connectivity index (χ2n) is 7.14. The van der Waals surface area contributed by atoms with Gasteiger partial charge in [0.05, 0.1) is 20.8 Å². The van der Waals surface area contributed by atoms with Crippen LogP contribution in [0.2, 0.25) is 0 Å². The van der Waals surface area contributed by atoms with Crippen molar-refractivity contribution in [3.8, 4) is 5.69 Å². The molecule has 0 spiro atoms. The maximum Gasteiger partial charge on any atom is 0.206 e. The third-order valence-electron chi connectivity index (χ3n) is 5.37. The van der Waals surface area contributed by atoms with Crippen LogP contribution in [-0.4, -0.2) is 13.0 Å². The first kappa shape index (κ1) is 19.1. The van der Waals surface area contributed by atoms with Crippen LogP contribution in [0.5, 0.6) is 0 Å². The number of aromatic nitrogens is 1. The Kier molecular flexibility index (Phi) is 4.72. The monoisotopic (exact) mass is 475 g/mol. The Hall–Kier alpha value is -2.89. The molecule has 1 aromatic heterocycles. The summed E-state index contributed by atoms with van der Waals surface area (Å²) in [6, 6.07) is 30.6. The van der Waals surface area contributed by atoms with E-state index in [4.69, 9.17) is 0 Å². The number of hydrogen-bond acceptors (Lipinski definition) is 2. The molecule has 5 aromatic rings. The van der Waals surface area contributed by atoms with Gasteiger partial charge in [-0.05, 0) is 54.1 Å². The van der Waals surface area contributed by atoms with Gasteiger partial charge in [0, 0.05) is 21.8 Å². The SMILES string of the molecule is O=S(=O)(c1ccc(CBr)cc1)c1ccc(-n2c3ccccc3c3ccccc32)cc1. The molecular weight excluding hydrogens is 458 g/mol. The molecule has 0 saturated heterocycles. The van der Waals surface area contributed by atoms with E-state index in [2.05, 4.69) is 44.8 Å². The van der Waals surface area contributed by atoms with Crippen molar-refractivity contribution in [3.63, 3.8) is 0 Å². The Labute approximate surface area is 183 Å². The summed E-state index contributed by atoms with van der Waals surface area (Å²) >= 11 is 3.39. The first-order valence-corrected chi connectivity index (χ1v) is 12.2. The Morgan fingerprint density at radius 1 is 0.633 bits per heavy atom. The molecule has 0 N–H and O–H groups in total. The molecule has 4 aromatic carbocycles. The summed E-state index contributed by atoms with van der Waals surface area (Å²) in [7, 11) is -3.56. The van der Waals surface area contributed by atoms with Crippen LogP contribution in [0.15, 0.2) is 107 Å². The van der Waals surface area contributed by atoms with Gasteiger partial charge >= 0.3 is 0 Å². The molecule has 30 heavy (non-hydrogen) atoms. The maximum atomic E-state index is 13.0. The van der Waals surface area contributed by atoms with Gasteiger partial charge < -0.3 is 4.57 Å². The average molecular weight is 476 g/mol. The second kappa shape index (κ2) is 7.42. The average Bonchev–Trinajstić information content (AvgIpc) is 3.14. The van der Waals surface area contributed by atoms with Gasteiger partial charge in [-0.2, -0.15) is 0 Å². The number of halogens is 1. The van der Waals surface area contributed by atoms with E-state index in [9.17, 15) is 8.42 Å². The van der Waals surface area contributed by atoms with Crippen LogP contribution < -0.4 is 0 Å². The Morgan fingerprint density at radius 3 is 1.60 bits per heavy atom. The molecule has 0 bridgehead atoms. The van der Waals surface area contributed by atoms with Crippen molar-refractivity contribution in [3.05, 3.63) is 103 Å². The molecular formula is C25H18BrNO2S. The van der Waals surface area contributed by atoms with Gasteiger partial charge in [-0.15, -0.1) is 0 Å². The molecule has 0 saturated carbocycles. The van der Waals surface area contributed by atoms with Crippen molar-refractivity contribution in [2.24, 2.45) is 0 Å². The minimum atomic E-state index is -3.56. The fourth-order valence-electron chi connectivity index (χ4n) is 3.87. The molecule has 3 nitrogen and oxygen atoms in total. The Morgan fingerprint density at radius 2 is 1.10 bits per heavy atom. The lowest BCUT2D eigenvalue weighted by atomic mass is 10.2. The molecule has 0 aliphatic carbocycles. The highest BCUT2D eigenvalue weighted by Gasteiger charge is 2.18. The van der Waals surface area contributed by atoms with Gasteiger partial charge in [-0.1, -0.05) is 64.5 Å². The lowest BCUT2D eigenvalue weighted by Gasteiger charge is -2.10. The maximum absolute atomic E-state index is 13.0. The predicted octanol–water partition coefficient (Wildman–Crippen LogP) is 6.51. The quantitative estimate of drug-likeness (QED) is 0.278. The van der Waals surface area contributed by atoms with Crippen LogP contribution in [-0.2, 0) is 15.2 Å². The second-order valence-corrected chi connectivity index (χ2v) is 9.66. The molecule has 0 unspecified atom stereocenters. The van der Waals surface area contributed by atoms with E-state index in [1.54, 1.807) is 24.3 Å². The van der Waals surface area contributed by atoms with E-state index in [-0.39, 0.29) is 0 Å². The smallest absolute Gasteiger partial charge is 0.206 e. The first-order valence-electron chi connectivity index (χ1n) is 9.58. The van der Waals surface area contributed by atoms with Gasteiger partial charge in [-0.25, -0.2) is 8.42 Å². The minimum Gasteiger partial charge on any atom is -0.309 e. The van der Waals surface area contributed by atoms with E-state index in [0.29, 0.717) is 15.1 Å². The number of sulfone groups is 1. The zero-order valence-electron chi connectivity index (χ0n) is 16.0. The number of alkyl halides is 1. The standard InChI is InChI=1S/C25H18BrNO2S/c26-17-18-9-13-20(14-10-18)30(28,29)21-15-11-19(12-16-21)27-24-7-3-1-5-22(24)23-6-2-4-8-25(23)27/h1-16H,17H2. The molecule has 0 fully saturated rings. The predicted molar refractivity (Wildman–Crippen MR) is 125 cm³/mol. The summed E-state index contributed by atoms with van der Waals surface area (Å²) in [4.78, 5) is 0.593. The molecule has 0 aliphatic rings. The van der Waals surface area contributed by atoms with E-state index >= 15 is 0 Å². The number of benzene rings is 4. The summed E-state index contributed by atoms with van der Waals surface area (Å²) < 4.78 is 28.2. The summed E-state index contributed by atoms with van der Waals surface area (Å²) in [5.74, 6) is 0. The Bertz CT molecular complexity index is 1410. The molecule has 5 rings (SSSR count). The zero-order valence-corrected chi connectivity index (χ0v) is 18.4. The van der Waals surface area contributed by atoms with Gasteiger partial charge in [0.1, 0.15) is 0 Å². The summed E-state index contributed by atoms with van der Waals surface area (Å²) in [6.07, 6.45) is 0. The Balaban J connectivity index is 1.62. The molecule has 0 amide bonds. The normalized spacial score (nSPS) is 11.9. The summed E-state index contributed by atoms with van der Waals surface area (Å²) in [5, 5.41) is 3.05. The van der Waals surface area contributed by atoms with E-state index in [0.717, 1.165) is 22.3 Å². The first-order chi connectivity index (χ1) is 14.6. The number of nitrogens with zero attached hydrogens (tertiary/aromatic N) is 1. The molecule has 148 valence electrons. The molecule has 0 atom stereocenters. The molecule has 5 heteroatoms. The van der Waals surface area contributed by atoms with Gasteiger partial charge in [0.2, 0.25) is 9.84 Å². The lowest BCUT2D eigenvalue weighted by Crippen LogP contribution is -2.03. The third-order valence-corrected chi connectivity index (χ3v) is 7.81. The largest absolute Gasteiger partial charge is 0.309 e. The van der Waals surface area contributed by atoms with E-state index in [1.165, 1.54) is 10.8 Å². The van der Waals surface area contributed by atoms with Crippen molar-refractivity contribution in [1.29, 1.82) is 0 Å². The van der Waals surface area contributed by atoms with Gasteiger partial charge in [0.15, 0.2) is 0 Å². The number of fused-ring (bicyclic) bond motifs is 3. The van der Waals surface area contributed by atoms with Crippen molar-refractivity contribution >= 4 is 47.6 Å². The summed E-state index contributed by atoms with van der Waals surface area (Å²) in [5.41, 5.74) is 4.16. The highest BCUT2D eigenvalue weighted by atomic mass is 79.9. The topological polar surface area (TPSA) is 39.1 Å². The van der Waals surface area contributed by atoms with Crippen molar-refractivity contribution in [1.82, 2.24) is 4.57 Å². The minimum absolute atomic E-state index is 0.290. The fourth-order valence-corrected chi connectivity index (χ4v) is 5.50. The van der Waals surface area contributed by atoms with Crippen LogP contribution in [0.1, 0.15) is 5.56 Å². The van der Waals surface area contributed by atoms with E-state index in [1.807, 2.05) is 48.5 Å². The van der Waals surface area contributed by atoms with Crippen LogP contribution in [0.3, 0.4) is 0 Å². The molecule has 0 radical (unpaired) electrons. The highest BCUT2D eigenvalue weighted by Crippen LogP contribution is 2.32. The highest BCUT2D eigenvalue weighted by molar-refractivity contribution is 9.08. The third kappa shape index (κ3) is 3.06. The van der Waals surface area contributed by atoms with Gasteiger partial charge in [0.25, 0.3) is 0 Å². The van der Waals surface area contributed by atoms with Crippen molar-refractivity contribution in [2.45, 2.75) is 15.1 Å². The fraction of sp³-hybridized carbons (Fsp3) is 0.0400. The number of rotatable bonds is 4. The zero-order chi connectivity index (χ0) is 20.7. The van der Waals surface area contributed by atoms with Crippen molar-refractivity contribution in [2.75, 3.05) is 0 Å².